The highest BCUT2D eigenvalue weighted by Gasteiger charge is 2.10. The summed E-state index contributed by atoms with van der Waals surface area (Å²) in [4.78, 5) is 4.26. The van der Waals surface area contributed by atoms with E-state index >= 15 is 0 Å². The molecular weight excluding hydrogens is 415 g/mol. The van der Waals surface area contributed by atoms with Crippen LogP contribution in [0.5, 0.6) is 11.5 Å². The van der Waals surface area contributed by atoms with Gasteiger partial charge in [-0.1, -0.05) is 0 Å². The van der Waals surface area contributed by atoms with E-state index in [2.05, 4.69) is 38.1 Å². The number of rotatable bonds is 6. The highest BCUT2D eigenvalue weighted by Crippen LogP contribution is 2.33. The molecule has 1 N–H and O–H groups in total. The van der Waals surface area contributed by atoms with Gasteiger partial charge in [-0.2, -0.15) is 10.4 Å². The predicted molar refractivity (Wildman–Crippen MR) is 94.9 cm³/mol. The lowest BCUT2D eigenvalue weighted by atomic mass is 10.2. The molecule has 0 amide bonds. The van der Waals surface area contributed by atoms with Crippen LogP contribution in [0, 0.1) is 21.8 Å². The van der Waals surface area contributed by atoms with Crippen molar-refractivity contribution >= 4 is 45.3 Å². The second kappa shape index (κ2) is 7.95. The second-order valence-corrected chi connectivity index (χ2v) is 6.17. The van der Waals surface area contributed by atoms with Crippen LogP contribution < -0.4 is 14.9 Å². The van der Waals surface area contributed by atoms with Crippen LogP contribution in [-0.4, -0.2) is 24.9 Å². The quantitative estimate of drug-likeness (QED) is 0.434. The maximum Gasteiger partial charge on any atom is 0.203 e. The first-order chi connectivity index (χ1) is 10.6. The number of aryl methyl sites for hydroxylation is 1. The molecule has 2 aromatic rings. The third kappa shape index (κ3) is 4.32. The van der Waals surface area contributed by atoms with Crippen molar-refractivity contribution in [3.63, 3.8) is 0 Å². The van der Waals surface area contributed by atoms with Gasteiger partial charge in [-0.3, -0.25) is 5.43 Å². The summed E-state index contributed by atoms with van der Waals surface area (Å²) in [6.45, 7) is 1.91. The van der Waals surface area contributed by atoms with E-state index in [0.717, 1.165) is 20.0 Å². The first-order valence-electron chi connectivity index (χ1n) is 6.22. The molecule has 0 aliphatic carbocycles. The Kier molecular flexibility index (Phi) is 5.97. The molecule has 6 nitrogen and oxygen atoms in total. The van der Waals surface area contributed by atoms with E-state index in [4.69, 9.17) is 14.7 Å². The summed E-state index contributed by atoms with van der Waals surface area (Å²) in [6.07, 6.45) is 1.68. The molecule has 0 unspecified atom stereocenters. The van der Waals surface area contributed by atoms with Crippen LogP contribution in [0.25, 0.3) is 0 Å². The zero-order valence-electron chi connectivity index (χ0n) is 12.0. The molecule has 0 aliphatic rings. The summed E-state index contributed by atoms with van der Waals surface area (Å²) in [6, 6.07) is 5.64. The first-order valence-corrected chi connectivity index (χ1v) is 8.18. The van der Waals surface area contributed by atoms with Crippen molar-refractivity contribution in [1.82, 2.24) is 4.98 Å². The average Bonchev–Trinajstić information content (AvgIpc) is 2.91. The van der Waals surface area contributed by atoms with Crippen LogP contribution in [0.15, 0.2) is 22.6 Å². The van der Waals surface area contributed by atoms with Gasteiger partial charge in [0.05, 0.1) is 22.6 Å². The number of nitriles is 1. The van der Waals surface area contributed by atoms with E-state index in [-0.39, 0.29) is 6.61 Å². The standard InChI is InChI=1S/C14H13IN4O2S/c1-9-8-22-14(18-9)19-17-7-10-5-11(15)13(21-4-3-16)12(6-10)20-2/h5-8H,4H2,1-2H3,(H,18,19). The molecule has 8 heteroatoms. The SMILES string of the molecule is COc1cc(C=NNc2nc(C)cs2)cc(I)c1OCC#N. The number of aromatic nitrogens is 1. The molecule has 0 bridgehead atoms. The smallest absolute Gasteiger partial charge is 0.203 e. The summed E-state index contributed by atoms with van der Waals surface area (Å²) in [5.74, 6) is 1.12. The molecule has 1 heterocycles. The van der Waals surface area contributed by atoms with Gasteiger partial charge in [0.2, 0.25) is 5.13 Å². The van der Waals surface area contributed by atoms with Gasteiger partial charge >= 0.3 is 0 Å². The van der Waals surface area contributed by atoms with Gasteiger partial charge in [0.1, 0.15) is 6.07 Å². The lowest BCUT2D eigenvalue weighted by molar-refractivity contribution is 0.327. The number of methoxy groups -OCH3 is 1. The minimum absolute atomic E-state index is 0.0231. The Balaban J connectivity index is 2.14. The predicted octanol–water partition coefficient (Wildman–Crippen LogP) is 3.41. The highest BCUT2D eigenvalue weighted by molar-refractivity contribution is 14.1. The summed E-state index contributed by atoms with van der Waals surface area (Å²) in [5.41, 5.74) is 4.69. The van der Waals surface area contributed by atoms with E-state index < -0.39 is 0 Å². The van der Waals surface area contributed by atoms with Crippen molar-refractivity contribution in [2.75, 3.05) is 19.1 Å². The Hall–Kier alpha value is -1.86. The lowest BCUT2D eigenvalue weighted by Crippen LogP contribution is -2.00. The first kappa shape index (κ1) is 16.5. The number of hydrazone groups is 1. The Morgan fingerprint density at radius 1 is 1.55 bits per heavy atom. The maximum absolute atomic E-state index is 8.61. The number of nitrogens with one attached hydrogen (secondary N) is 1. The van der Waals surface area contributed by atoms with E-state index in [1.807, 2.05) is 24.4 Å². The molecule has 0 spiro atoms. The Labute approximate surface area is 145 Å². The van der Waals surface area contributed by atoms with Crippen LogP contribution in [0.2, 0.25) is 0 Å². The monoisotopic (exact) mass is 428 g/mol. The zero-order valence-corrected chi connectivity index (χ0v) is 14.9. The Morgan fingerprint density at radius 3 is 3.00 bits per heavy atom. The van der Waals surface area contributed by atoms with Crippen molar-refractivity contribution < 1.29 is 9.47 Å². The van der Waals surface area contributed by atoms with Crippen LogP contribution >= 0.6 is 33.9 Å². The minimum atomic E-state index is -0.0231. The van der Waals surface area contributed by atoms with Crippen molar-refractivity contribution in [2.45, 2.75) is 6.92 Å². The molecule has 1 aromatic heterocycles. The lowest BCUT2D eigenvalue weighted by Gasteiger charge is -2.11. The zero-order chi connectivity index (χ0) is 15.9. The van der Waals surface area contributed by atoms with Gasteiger partial charge in [0.15, 0.2) is 18.1 Å². The van der Waals surface area contributed by atoms with E-state index in [9.17, 15) is 0 Å². The van der Waals surface area contributed by atoms with Crippen LogP contribution in [0.3, 0.4) is 0 Å². The molecule has 0 fully saturated rings. The third-order valence-electron chi connectivity index (χ3n) is 2.53. The van der Waals surface area contributed by atoms with Crippen molar-refractivity contribution in [1.29, 1.82) is 5.26 Å². The van der Waals surface area contributed by atoms with E-state index in [1.165, 1.54) is 11.3 Å². The fraction of sp³-hybridized carbons (Fsp3) is 0.214. The summed E-state index contributed by atoms with van der Waals surface area (Å²) >= 11 is 3.63. The van der Waals surface area contributed by atoms with Gasteiger partial charge in [-0.25, -0.2) is 4.98 Å². The van der Waals surface area contributed by atoms with Crippen molar-refractivity contribution in [3.05, 3.63) is 32.3 Å². The van der Waals surface area contributed by atoms with Crippen LogP contribution in [0.4, 0.5) is 5.13 Å². The average molecular weight is 428 g/mol. The Bertz CT molecular complexity index is 724. The fourth-order valence-corrected chi connectivity index (χ4v) is 3.04. The van der Waals surface area contributed by atoms with Gasteiger partial charge in [0.25, 0.3) is 0 Å². The summed E-state index contributed by atoms with van der Waals surface area (Å²) < 4.78 is 11.5. The second-order valence-electron chi connectivity index (χ2n) is 4.14. The van der Waals surface area contributed by atoms with E-state index in [0.29, 0.717) is 11.5 Å². The molecular formula is C14H13IN4O2S. The third-order valence-corrected chi connectivity index (χ3v) is 4.19. The number of benzene rings is 1. The number of halogens is 1. The number of hydrogen-bond acceptors (Lipinski definition) is 7. The molecule has 1 aromatic carbocycles. The number of ether oxygens (including phenoxy) is 2. The topological polar surface area (TPSA) is 79.5 Å². The molecule has 22 heavy (non-hydrogen) atoms. The van der Waals surface area contributed by atoms with Gasteiger partial charge in [0, 0.05) is 5.38 Å². The molecule has 0 aliphatic heterocycles. The van der Waals surface area contributed by atoms with Gasteiger partial charge in [-0.05, 0) is 47.2 Å². The Morgan fingerprint density at radius 2 is 2.36 bits per heavy atom. The fourth-order valence-electron chi connectivity index (χ4n) is 1.63. The summed E-state index contributed by atoms with van der Waals surface area (Å²) in [5, 5.41) is 15.5. The number of anilines is 1. The van der Waals surface area contributed by atoms with Crippen molar-refractivity contribution in [2.24, 2.45) is 5.10 Å². The van der Waals surface area contributed by atoms with Crippen molar-refractivity contribution in [3.8, 4) is 17.6 Å². The normalized spacial score (nSPS) is 10.5. The molecule has 2 rings (SSSR count). The highest BCUT2D eigenvalue weighted by atomic mass is 127. The number of hydrogen-bond donors (Lipinski definition) is 1. The molecule has 0 atom stereocenters. The van der Waals surface area contributed by atoms with E-state index in [1.54, 1.807) is 19.4 Å². The number of nitrogens with zero attached hydrogens (tertiary/aromatic N) is 3. The van der Waals surface area contributed by atoms with Gasteiger partial charge in [-0.15, -0.1) is 11.3 Å². The number of thiazole rings is 1. The van der Waals surface area contributed by atoms with Gasteiger partial charge < -0.3 is 9.47 Å². The van der Waals surface area contributed by atoms with Crippen LogP contribution in [0.1, 0.15) is 11.3 Å². The minimum Gasteiger partial charge on any atom is -0.493 e. The molecule has 114 valence electrons. The maximum atomic E-state index is 8.61. The van der Waals surface area contributed by atoms with Crippen LogP contribution in [-0.2, 0) is 0 Å². The molecule has 0 saturated carbocycles. The molecule has 0 saturated heterocycles. The largest absolute Gasteiger partial charge is 0.493 e. The molecule has 0 radical (unpaired) electrons. The summed E-state index contributed by atoms with van der Waals surface area (Å²) in [7, 11) is 1.56.